The molecule has 0 saturated carbocycles. The molecule has 0 unspecified atom stereocenters. The molecule has 0 fully saturated rings. The minimum absolute atomic E-state index is 0.0866. The van der Waals surface area contributed by atoms with E-state index in [0.29, 0.717) is 31.9 Å². The first kappa shape index (κ1) is 15.2. The second-order valence-electron chi connectivity index (χ2n) is 4.82. The molecule has 1 aliphatic rings. The van der Waals surface area contributed by atoms with Crippen LogP contribution in [0.25, 0.3) is 0 Å². The lowest BCUT2D eigenvalue weighted by atomic mass is 10.1. The maximum Gasteiger partial charge on any atom is 0.339 e. The summed E-state index contributed by atoms with van der Waals surface area (Å²) in [5.41, 5.74) is 0.615. The molecule has 1 N–H and O–H groups in total. The number of urea groups is 1. The predicted octanol–water partition coefficient (Wildman–Crippen LogP) is 2.44. The first-order valence-electron chi connectivity index (χ1n) is 7.15. The van der Waals surface area contributed by atoms with Crippen LogP contribution in [-0.2, 0) is 0 Å². The van der Waals surface area contributed by atoms with Gasteiger partial charge in [-0.1, -0.05) is 13.0 Å². The molecule has 0 spiro atoms. The van der Waals surface area contributed by atoms with Crippen molar-refractivity contribution in [3.05, 3.63) is 23.8 Å². The Hall–Kier alpha value is -2.24. The Morgan fingerprint density at radius 3 is 2.76 bits per heavy atom. The lowest BCUT2D eigenvalue weighted by Crippen LogP contribution is -2.47. The van der Waals surface area contributed by atoms with E-state index in [2.05, 4.69) is 0 Å². The van der Waals surface area contributed by atoms with Crippen LogP contribution in [0, 0.1) is 0 Å². The minimum Gasteiger partial charge on any atom is -0.489 e. The van der Waals surface area contributed by atoms with Gasteiger partial charge in [0.05, 0.1) is 12.2 Å². The van der Waals surface area contributed by atoms with Gasteiger partial charge in [-0.25, -0.2) is 9.59 Å². The van der Waals surface area contributed by atoms with Crippen molar-refractivity contribution < 1.29 is 19.4 Å². The Bertz CT molecular complexity index is 544. The molecule has 1 aliphatic heterocycles. The summed E-state index contributed by atoms with van der Waals surface area (Å²) in [5, 5.41) is 9.21. The van der Waals surface area contributed by atoms with Crippen molar-refractivity contribution in [2.75, 3.05) is 31.1 Å². The van der Waals surface area contributed by atoms with E-state index in [9.17, 15) is 14.7 Å². The highest BCUT2D eigenvalue weighted by molar-refractivity contribution is 5.99. The van der Waals surface area contributed by atoms with Gasteiger partial charge in [0.25, 0.3) is 0 Å². The Morgan fingerprint density at radius 2 is 2.14 bits per heavy atom. The number of amides is 2. The molecule has 0 atom stereocenters. The van der Waals surface area contributed by atoms with Crippen LogP contribution in [0.4, 0.5) is 10.5 Å². The number of carboxylic acid groups (broad SMARTS) is 1. The fourth-order valence-corrected chi connectivity index (χ4v) is 2.45. The fraction of sp³-hybridized carbons (Fsp3) is 0.467. The van der Waals surface area contributed by atoms with Gasteiger partial charge in [-0.2, -0.15) is 0 Å². The van der Waals surface area contributed by atoms with E-state index in [0.717, 1.165) is 6.42 Å². The second kappa shape index (κ2) is 6.47. The number of carbonyl (C=O) groups excluding carboxylic acids is 1. The van der Waals surface area contributed by atoms with E-state index in [-0.39, 0.29) is 17.3 Å². The van der Waals surface area contributed by atoms with Gasteiger partial charge in [-0.05, 0) is 25.5 Å². The standard InChI is InChI=1S/C15H20N2O4/c1-3-8-16(4-2)15(20)17-9-10-21-13-11(14(18)19)6-5-7-12(13)17/h5-7H,3-4,8-10H2,1-2H3,(H,18,19). The van der Waals surface area contributed by atoms with Crippen LogP contribution in [0.2, 0.25) is 0 Å². The molecule has 2 amide bonds. The third-order valence-corrected chi connectivity index (χ3v) is 3.45. The summed E-state index contributed by atoms with van der Waals surface area (Å²) in [7, 11) is 0. The first-order valence-corrected chi connectivity index (χ1v) is 7.15. The van der Waals surface area contributed by atoms with Crippen LogP contribution >= 0.6 is 0 Å². The van der Waals surface area contributed by atoms with Crippen molar-refractivity contribution in [1.29, 1.82) is 0 Å². The molecule has 1 aromatic rings. The summed E-state index contributed by atoms with van der Waals surface area (Å²) < 4.78 is 5.48. The Kier molecular flexibility index (Phi) is 4.67. The van der Waals surface area contributed by atoms with E-state index in [1.54, 1.807) is 21.9 Å². The molecule has 1 aromatic carbocycles. The molecule has 6 nitrogen and oxygen atoms in total. The molecular weight excluding hydrogens is 272 g/mol. The highest BCUT2D eigenvalue weighted by Crippen LogP contribution is 2.35. The summed E-state index contributed by atoms with van der Waals surface area (Å²) in [6, 6.07) is 4.73. The molecule has 2 rings (SSSR count). The van der Waals surface area contributed by atoms with Crippen LogP contribution in [-0.4, -0.2) is 48.2 Å². The number of fused-ring (bicyclic) bond motifs is 1. The third kappa shape index (κ3) is 2.94. The van der Waals surface area contributed by atoms with Crippen LogP contribution in [0.1, 0.15) is 30.6 Å². The van der Waals surface area contributed by atoms with Gasteiger partial charge in [0, 0.05) is 13.1 Å². The van der Waals surface area contributed by atoms with E-state index >= 15 is 0 Å². The number of hydrogen-bond acceptors (Lipinski definition) is 3. The molecule has 0 aliphatic carbocycles. The van der Waals surface area contributed by atoms with Crippen molar-refractivity contribution in [3.8, 4) is 5.75 Å². The van der Waals surface area contributed by atoms with Crippen molar-refractivity contribution in [3.63, 3.8) is 0 Å². The Balaban J connectivity index is 2.36. The van der Waals surface area contributed by atoms with E-state index in [1.807, 2.05) is 13.8 Å². The van der Waals surface area contributed by atoms with Crippen LogP contribution in [0.15, 0.2) is 18.2 Å². The van der Waals surface area contributed by atoms with E-state index in [4.69, 9.17) is 4.74 Å². The van der Waals surface area contributed by atoms with Gasteiger partial charge in [0.2, 0.25) is 0 Å². The SMILES string of the molecule is CCCN(CC)C(=O)N1CCOc2c(C(=O)O)cccc21. The van der Waals surface area contributed by atoms with Gasteiger partial charge in [-0.15, -0.1) is 0 Å². The number of anilines is 1. The van der Waals surface area contributed by atoms with Gasteiger partial charge < -0.3 is 14.7 Å². The third-order valence-electron chi connectivity index (χ3n) is 3.45. The van der Waals surface area contributed by atoms with E-state index in [1.165, 1.54) is 6.07 Å². The van der Waals surface area contributed by atoms with Gasteiger partial charge >= 0.3 is 12.0 Å². The van der Waals surface area contributed by atoms with Crippen molar-refractivity contribution in [2.45, 2.75) is 20.3 Å². The number of benzene rings is 1. The van der Waals surface area contributed by atoms with Gasteiger partial charge in [0.1, 0.15) is 12.2 Å². The van der Waals surface area contributed by atoms with Gasteiger partial charge in [-0.3, -0.25) is 4.90 Å². The molecule has 114 valence electrons. The molecule has 0 radical (unpaired) electrons. The minimum atomic E-state index is -1.05. The number of para-hydroxylation sites is 1. The molecule has 21 heavy (non-hydrogen) atoms. The number of nitrogens with zero attached hydrogens (tertiary/aromatic N) is 2. The first-order chi connectivity index (χ1) is 10.1. The normalized spacial score (nSPS) is 13.3. The zero-order chi connectivity index (χ0) is 15.4. The van der Waals surface area contributed by atoms with Gasteiger partial charge in [0.15, 0.2) is 5.75 Å². The molecule has 0 bridgehead atoms. The predicted molar refractivity (Wildman–Crippen MR) is 79.2 cm³/mol. The van der Waals surface area contributed by atoms with Crippen molar-refractivity contribution >= 4 is 17.7 Å². The average Bonchev–Trinajstić information content (AvgIpc) is 2.50. The number of ether oxygens (including phenoxy) is 1. The van der Waals surface area contributed by atoms with E-state index < -0.39 is 5.97 Å². The summed E-state index contributed by atoms with van der Waals surface area (Å²) in [4.78, 5) is 27.2. The number of carboxylic acids is 1. The number of rotatable bonds is 4. The zero-order valence-corrected chi connectivity index (χ0v) is 12.3. The number of carbonyl (C=O) groups is 2. The maximum atomic E-state index is 12.6. The van der Waals surface area contributed by atoms with Crippen LogP contribution in [0.5, 0.6) is 5.75 Å². The second-order valence-corrected chi connectivity index (χ2v) is 4.82. The molecule has 0 aromatic heterocycles. The highest BCUT2D eigenvalue weighted by atomic mass is 16.5. The summed E-state index contributed by atoms with van der Waals surface area (Å²) in [5.74, 6) is -0.779. The Morgan fingerprint density at radius 1 is 1.38 bits per heavy atom. The molecule has 0 saturated heterocycles. The number of aromatic carboxylic acids is 1. The fourth-order valence-electron chi connectivity index (χ4n) is 2.45. The summed E-state index contributed by atoms with van der Waals surface area (Å²) >= 11 is 0. The Labute approximate surface area is 123 Å². The molecular formula is C15H20N2O4. The topological polar surface area (TPSA) is 70.1 Å². The lowest BCUT2D eigenvalue weighted by Gasteiger charge is -2.34. The average molecular weight is 292 g/mol. The zero-order valence-electron chi connectivity index (χ0n) is 12.3. The summed E-state index contributed by atoms with van der Waals surface area (Å²) in [6.45, 7) is 5.98. The molecule has 6 heteroatoms. The monoisotopic (exact) mass is 292 g/mol. The highest BCUT2D eigenvalue weighted by Gasteiger charge is 2.29. The largest absolute Gasteiger partial charge is 0.489 e. The molecule has 1 heterocycles. The lowest BCUT2D eigenvalue weighted by molar-refractivity contribution is 0.0691. The summed E-state index contributed by atoms with van der Waals surface area (Å²) in [6.07, 6.45) is 0.881. The quantitative estimate of drug-likeness (QED) is 0.925. The van der Waals surface area contributed by atoms with Crippen LogP contribution < -0.4 is 9.64 Å². The van der Waals surface area contributed by atoms with Crippen molar-refractivity contribution in [1.82, 2.24) is 4.90 Å². The smallest absolute Gasteiger partial charge is 0.339 e. The number of hydrogen-bond donors (Lipinski definition) is 1. The van der Waals surface area contributed by atoms with Crippen LogP contribution in [0.3, 0.4) is 0 Å². The maximum absolute atomic E-state index is 12.6. The van der Waals surface area contributed by atoms with Crippen molar-refractivity contribution in [2.24, 2.45) is 0 Å².